The molecule has 0 saturated carbocycles. The van der Waals surface area contributed by atoms with Gasteiger partial charge in [-0.2, -0.15) is 0 Å². The maximum Gasteiger partial charge on any atom is 0.239 e. The summed E-state index contributed by atoms with van der Waals surface area (Å²) >= 11 is 1.89. The molecule has 1 amide bonds. The van der Waals surface area contributed by atoms with Gasteiger partial charge >= 0.3 is 0 Å². The molecular weight excluding hydrogens is 323 g/mol. The molecule has 0 aliphatic carbocycles. The minimum absolute atomic E-state index is 0.0177. The van der Waals surface area contributed by atoms with Crippen molar-refractivity contribution in [1.82, 2.24) is 5.32 Å². The van der Waals surface area contributed by atoms with E-state index in [0.717, 1.165) is 24.2 Å². The molecule has 3 rings (SSSR count). The van der Waals surface area contributed by atoms with Gasteiger partial charge in [-0.1, -0.05) is 31.2 Å². The summed E-state index contributed by atoms with van der Waals surface area (Å²) in [5.41, 5.74) is 2.02. The van der Waals surface area contributed by atoms with Crippen LogP contribution in [0.1, 0.15) is 18.9 Å². The topological polar surface area (TPSA) is 32.3 Å². The highest BCUT2D eigenvalue weighted by Crippen LogP contribution is 2.39. The molecule has 1 N–H and O–H groups in total. The third kappa shape index (κ3) is 4.09. The average Bonchev–Trinajstić information content (AvgIpc) is 2.61. The first-order valence-corrected chi connectivity index (χ1v) is 9.05. The quantitative estimate of drug-likeness (QED) is 0.895. The van der Waals surface area contributed by atoms with Crippen LogP contribution in [0.15, 0.2) is 53.4 Å². The Balaban J connectivity index is 1.62. The molecule has 24 heavy (non-hydrogen) atoms. The van der Waals surface area contributed by atoms with E-state index in [4.69, 9.17) is 0 Å². The van der Waals surface area contributed by atoms with Gasteiger partial charge in [0.25, 0.3) is 0 Å². The zero-order valence-corrected chi connectivity index (χ0v) is 14.5. The maximum atomic E-state index is 12.9. The van der Waals surface area contributed by atoms with Crippen molar-refractivity contribution in [3.8, 4) is 0 Å². The third-order valence-corrected chi connectivity index (χ3v) is 5.53. The van der Waals surface area contributed by atoms with Crippen molar-refractivity contribution in [2.45, 2.75) is 30.0 Å². The van der Waals surface area contributed by atoms with Crippen molar-refractivity contribution in [1.29, 1.82) is 0 Å². The summed E-state index contributed by atoms with van der Waals surface area (Å²) in [6.07, 6.45) is 1.08. The van der Waals surface area contributed by atoms with E-state index in [1.807, 2.05) is 23.9 Å². The van der Waals surface area contributed by atoms with Crippen LogP contribution in [0.5, 0.6) is 0 Å². The Labute approximate surface area is 146 Å². The van der Waals surface area contributed by atoms with E-state index in [0.29, 0.717) is 18.3 Å². The lowest BCUT2D eigenvalue weighted by Crippen LogP contribution is -2.42. The minimum atomic E-state index is -0.266. The van der Waals surface area contributed by atoms with Crippen molar-refractivity contribution in [2.24, 2.45) is 0 Å². The Bertz CT molecular complexity index is 705. The number of carbonyl (C=O) groups excluding carboxylic acids is 1. The van der Waals surface area contributed by atoms with E-state index < -0.39 is 0 Å². The first kappa shape index (κ1) is 16.8. The van der Waals surface area contributed by atoms with Gasteiger partial charge in [-0.05, 0) is 36.2 Å². The Morgan fingerprint density at radius 1 is 1.25 bits per heavy atom. The van der Waals surface area contributed by atoms with Crippen LogP contribution in [0.3, 0.4) is 0 Å². The molecule has 0 saturated heterocycles. The Morgan fingerprint density at radius 3 is 2.75 bits per heavy atom. The van der Waals surface area contributed by atoms with Crippen LogP contribution in [0.2, 0.25) is 0 Å². The maximum absolute atomic E-state index is 12.9. The normalized spacial score (nSPS) is 16.6. The third-order valence-electron chi connectivity index (χ3n) is 4.12. The lowest BCUT2D eigenvalue weighted by Gasteiger charge is -2.34. The van der Waals surface area contributed by atoms with Crippen LogP contribution in [0.4, 0.5) is 10.1 Å². The van der Waals surface area contributed by atoms with Gasteiger partial charge in [0.2, 0.25) is 5.91 Å². The molecule has 0 aromatic heterocycles. The van der Waals surface area contributed by atoms with Gasteiger partial charge in [-0.3, -0.25) is 4.79 Å². The van der Waals surface area contributed by atoms with E-state index in [2.05, 4.69) is 29.3 Å². The second kappa shape index (κ2) is 7.71. The molecule has 0 spiro atoms. The number of hydrogen-bond donors (Lipinski definition) is 1. The predicted molar refractivity (Wildman–Crippen MR) is 96.8 cm³/mol. The highest BCUT2D eigenvalue weighted by molar-refractivity contribution is 8.00. The van der Waals surface area contributed by atoms with Gasteiger partial charge in [0, 0.05) is 23.2 Å². The summed E-state index contributed by atoms with van der Waals surface area (Å²) in [5.74, 6) is -0.283. The number of fused-ring (bicyclic) bond motifs is 1. The molecule has 1 unspecified atom stereocenters. The number of carbonyl (C=O) groups is 1. The first-order valence-electron chi connectivity index (χ1n) is 8.17. The Kier molecular flexibility index (Phi) is 5.41. The summed E-state index contributed by atoms with van der Waals surface area (Å²) in [7, 11) is 0. The van der Waals surface area contributed by atoms with E-state index in [1.165, 1.54) is 17.0 Å². The van der Waals surface area contributed by atoms with E-state index in [9.17, 15) is 9.18 Å². The molecule has 2 aromatic carbocycles. The summed E-state index contributed by atoms with van der Waals surface area (Å²) < 4.78 is 12.9. The molecule has 3 nitrogen and oxygen atoms in total. The van der Waals surface area contributed by atoms with Gasteiger partial charge in [-0.25, -0.2) is 4.39 Å². The van der Waals surface area contributed by atoms with Crippen LogP contribution < -0.4 is 10.2 Å². The Morgan fingerprint density at radius 2 is 2.00 bits per heavy atom. The molecule has 1 atom stereocenters. The highest BCUT2D eigenvalue weighted by atomic mass is 32.2. The van der Waals surface area contributed by atoms with Crippen molar-refractivity contribution >= 4 is 23.4 Å². The number of halogens is 1. The van der Waals surface area contributed by atoms with E-state index >= 15 is 0 Å². The van der Waals surface area contributed by atoms with Gasteiger partial charge in [0.15, 0.2) is 0 Å². The van der Waals surface area contributed by atoms with Gasteiger partial charge in [0.1, 0.15) is 5.82 Å². The van der Waals surface area contributed by atoms with Crippen LogP contribution in [0.25, 0.3) is 0 Å². The summed E-state index contributed by atoms with van der Waals surface area (Å²) in [4.78, 5) is 15.7. The van der Waals surface area contributed by atoms with Gasteiger partial charge < -0.3 is 10.2 Å². The second-order valence-electron chi connectivity index (χ2n) is 5.90. The number of hydrogen-bond acceptors (Lipinski definition) is 3. The summed E-state index contributed by atoms with van der Waals surface area (Å²) in [6.45, 7) is 3.82. The molecule has 126 valence electrons. The molecule has 1 aliphatic rings. The number of anilines is 1. The second-order valence-corrected chi connectivity index (χ2v) is 7.24. The molecule has 0 bridgehead atoms. The van der Waals surface area contributed by atoms with E-state index in [1.54, 1.807) is 12.1 Å². The molecular formula is C19H21FN2OS. The fourth-order valence-corrected chi connectivity index (χ4v) is 4.03. The van der Waals surface area contributed by atoms with Crippen molar-refractivity contribution in [3.05, 3.63) is 59.9 Å². The standard InChI is InChI=1S/C19H21FN2OS/c1-2-16-12-22(17-5-3-4-6-18(17)24-16)13-19(23)21-11-14-7-9-15(20)10-8-14/h3-10,16H,2,11-13H2,1H3,(H,21,23). The summed E-state index contributed by atoms with van der Waals surface area (Å²) in [6, 6.07) is 14.4. The zero-order valence-electron chi connectivity index (χ0n) is 13.7. The van der Waals surface area contributed by atoms with Crippen molar-refractivity contribution in [2.75, 3.05) is 18.0 Å². The highest BCUT2D eigenvalue weighted by Gasteiger charge is 2.25. The predicted octanol–water partition coefficient (Wildman–Crippen LogP) is 3.83. The smallest absolute Gasteiger partial charge is 0.239 e. The van der Waals surface area contributed by atoms with Crippen LogP contribution >= 0.6 is 11.8 Å². The molecule has 1 heterocycles. The Hall–Kier alpha value is -2.01. The molecule has 5 heteroatoms. The number of amides is 1. The minimum Gasteiger partial charge on any atom is -0.360 e. The first-order chi connectivity index (χ1) is 11.7. The fraction of sp³-hybridized carbons (Fsp3) is 0.316. The lowest BCUT2D eigenvalue weighted by atomic mass is 10.2. The molecule has 1 aliphatic heterocycles. The monoisotopic (exact) mass is 344 g/mol. The fourth-order valence-electron chi connectivity index (χ4n) is 2.77. The van der Waals surface area contributed by atoms with Crippen molar-refractivity contribution in [3.63, 3.8) is 0 Å². The average molecular weight is 344 g/mol. The molecule has 2 aromatic rings. The number of thioether (sulfide) groups is 1. The molecule has 0 radical (unpaired) electrons. The number of benzene rings is 2. The van der Waals surface area contributed by atoms with Crippen LogP contribution in [0, 0.1) is 5.82 Å². The number of nitrogens with one attached hydrogen (secondary N) is 1. The lowest BCUT2D eigenvalue weighted by molar-refractivity contribution is -0.119. The number of rotatable bonds is 5. The number of para-hydroxylation sites is 1. The largest absolute Gasteiger partial charge is 0.360 e. The SMILES string of the molecule is CCC1CN(CC(=O)NCc2ccc(F)cc2)c2ccccc2S1. The van der Waals surface area contributed by atoms with Gasteiger partial charge in [-0.15, -0.1) is 11.8 Å². The number of nitrogens with zero attached hydrogens (tertiary/aromatic N) is 1. The van der Waals surface area contributed by atoms with Gasteiger partial charge in [0.05, 0.1) is 12.2 Å². The molecule has 0 fully saturated rings. The zero-order chi connectivity index (χ0) is 16.9. The summed E-state index contributed by atoms with van der Waals surface area (Å²) in [5, 5.41) is 3.42. The van der Waals surface area contributed by atoms with Crippen LogP contribution in [-0.2, 0) is 11.3 Å². The van der Waals surface area contributed by atoms with E-state index in [-0.39, 0.29) is 11.7 Å². The van der Waals surface area contributed by atoms with Crippen LogP contribution in [-0.4, -0.2) is 24.2 Å². The van der Waals surface area contributed by atoms with Crippen molar-refractivity contribution < 1.29 is 9.18 Å².